The van der Waals surface area contributed by atoms with Gasteiger partial charge in [0.2, 0.25) is 100 Å². The second-order valence-corrected chi connectivity index (χ2v) is 34.6. The van der Waals surface area contributed by atoms with Crippen LogP contribution in [-0.4, -0.2) is 314 Å². The molecule has 5 heterocycles. The molecule has 0 radical (unpaired) electrons. The van der Waals surface area contributed by atoms with Crippen molar-refractivity contribution in [1.82, 2.24) is 103 Å². The summed E-state index contributed by atoms with van der Waals surface area (Å²) in [5.74, 6) is -17.9. The van der Waals surface area contributed by atoms with Gasteiger partial charge in [-0.05, 0) is 86.3 Å². The Morgan fingerprint density at radius 1 is 0.545 bits per heavy atom. The third-order valence-corrected chi connectivity index (χ3v) is 24.1. The van der Waals surface area contributed by atoms with Crippen LogP contribution in [0.1, 0.15) is 94.2 Å². The highest BCUT2D eigenvalue weighted by molar-refractivity contribution is 8.00. The minimum absolute atomic E-state index is 0.00340. The molecule has 134 heavy (non-hydrogen) atoms. The largest absolute Gasteiger partial charge is 0.394 e. The molecule has 2 aliphatic heterocycles. The molecule has 7 aromatic rings. The van der Waals surface area contributed by atoms with Crippen molar-refractivity contribution in [2.24, 2.45) is 23.1 Å². The molecule has 13 atom stereocenters. The summed E-state index contributed by atoms with van der Waals surface area (Å²) in [6.07, 6.45) is 4.06. The summed E-state index contributed by atoms with van der Waals surface area (Å²) in [6.45, 7) is 2.77. The molecular formula is C90H120N24O19S. The van der Waals surface area contributed by atoms with Crippen LogP contribution in [0.25, 0.3) is 21.8 Å². The van der Waals surface area contributed by atoms with Gasteiger partial charge in [0.15, 0.2) is 5.96 Å². The van der Waals surface area contributed by atoms with Gasteiger partial charge in [-0.1, -0.05) is 111 Å². The Bertz CT molecular complexity index is 5330. The molecule has 4 aromatic carbocycles. The van der Waals surface area contributed by atoms with Crippen LogP contribution < -0.4 is 75.7 Å². The normalized spacial score (nSPS) is 23.3. The minimum Gasteiger partial charge on any atom is -0.394 e. The third kappa shape index (κ3) is 29.6. The molecule has 0 saturated carbocycles. The first-order chi connectivity index (χ1) is 63.9. The number of ether oxygens (including phenoxy) is 1. The third-order valence-electron chi connectivity index (χ3n) is 23.0. The summed E-state index contributed by atoms with van der Waals surface area (Å²) in [7, 11) is 5.02. The van der Waals surface area contributed by atoms with Gasteiger partial charge in [0.25, 0.3) is 0 Å². The Hall–Kier alpha value is -14.3. The molecule has 0 aliphatic carbocycles. The van der Waals surface area contributed by atoms with Gasteiger partial charge in [-0.3, -0.25) is 86.9 Å². The van der Waals surface area contributed by atoms with Gasteiger partial charge in [0.05, 0.1) is 51.4 Å². The summed E-state index contributed by atoms with van der Waals surface area (Å²) < 4.78 is 6.14. The summed E-state index contributed by atoms with van der Waals surface area (Å²) in [4.78, 5) is 266. The first kappa shape index (κ1) is 103. The molecule has 0 bridgehead atoms. The lowest BCUT2D eigenvalue weighted by atomic mass is 10.0. The van der Waals surface area contributed by atoms with Crippen LogP contribution in [0.2, 0.25) is 0 Å². The average molecular weight is 1870 g/mol. The van der Waals surface area contributed by atoms with Gasteiger partial charge in [-0.2, -0.15) is 0 Å². The Morgan fingerprint density at radius 2 is 1.08 bits per heavy atom. The highest BCUT2D eigenvalue weighted by Crippen LogP contribution is 2.25. The molecular weight excluding hydrogens is 1750 g/mol. The number of likely N-dealkylation sites (N-methyl/N-ethyl adjacent to an activating group) is 4. The molecule has 2 fully saturated rings. The molecule has 2 saturated heterocycles. The van der Waals surface area contributed by atoms with Crippen LogP contribution in [0.3, 0.4) is 0 Å². The average Bonchev–Trinajstić information content (AvgIpc) is 1.48. The van der Waals surface area contributed by atoms with Crippen molar-refractivity contribution in [3.63, 3.8) is 0 Å². The number of amides is 17. The quantitative estimate of drug-likeness (QED) is 0.0160. The van der Waals surface area contributed by atoms with Crippen molar-refractivity contribution >= 4 is 140 Å². The zero-order chi connectivity index (χ0) is 97.6. The summed E-state index contributed by atoms with van der Waals surface area (Å²) in [5, 5.41) is 49.0. The van der Waals surface area contributed by atoms with Crippen LogP contribution in [0.5, 0.6) is 0 Å². The van der Waals surface area contributed by atoms with Gasteiger partial charge >= 0.3 is 0 Å². The zero-order valence-corrected chi connectivity index (χ0v) is 76.7. The maximum Gasteiger partial charge on any atom is 0.246 e. The van der Waals surface area contributed by atoms with Gasteiger partial charge < -0.3 is 125 Å². The number of aromatic amines is 3. The van der Waals surface area contributed by atoms with E-state index in [1.165, 1.54) is 54.6 Å². The van der Waals surface area contributed by atoms with E-state index in [2.05, 4.69) is 78.4 Å². The van der Waals surface area contributed by atoms with Crippen LogP contribution in [0, 0.1) is 11.3 Å². The molecule has 3 aromatic heterocycles. The number of nitrogens with one attached hydrogen (secondary N) is 15. The summed E-state index contributed by atoms with van der Waals surface area (Å²) in [6, 6.07) is 10.7. The van der Waals surface area contributed by atoms with Crippen molar-refractivity contribution in [3.05, 3.63) is 162 Å². The zero-order valence-electron chi connectivity index (χ0n) is 75.8. The lowest BCUT2D eigenvalue weighted by molar-refractivity contribution is -0.150. The predicted octanol–water partition coefficient (Wildman–Crippen LogP) is -3.28. The number of H-pyrrole nitrogens is 3. The minimum atomic E-state index is -1.87. The topological polar surface area (TPSA) is 630 Å². The molecule has 17 amide bonds. The number of benzene rings is 4. The van der Waals surface area contributed by atoms with Crippen molar-refractivity contribution in [2.75, 3.05) is 79.1 Å². The number of nitrogens with zero attached hydrogens (tertiary/aromatic N) is 6. The number of hydrogen-bond donors (Lipinski definition) is 19. The van der Waals surface area contributed by atoms with E-state index in [9.17, 15) is 67.4 Å². The fourth-order valence-electron chi connectivity index (χ4n) is 15.5. The lowest BCUT2D eigenvalue weighted by Gasteiger charge is -2.35. The number of fused-ring (bicyclic) bond motifs is 3. The highest BCUT2D eigenvalue weighted by Gasteiger charge is 2.44. The molecule has 1 unspecified atom stereocenters. The number of para-hydroxylation sites is 2. The predicted molar refractivity (Wildman–Crippen MR) is 492 cm³/mol. The Kier molecular flexibility index (Phi) is 38.4. The van der Waals surface area contributed by atoms with Gasteiger partial charge in [0, 0.05) is 119 Å². The van der Waals surface area contributed by atoms with E-state index in [0.29, 0.717) is 49.8 Å². The number of aliphatic hydroxyl groups is 1. The van der Waals surface area contributed by atoms with Crippen LogP contribution in [0.15, 0.2) is 134 Å². The smallest absolute Gasteiger partial charge is 0.246 e. The highest BCUT2D eigenvalue weighted by atomic mass is 32.2. The SMILES string of the molecule is CC(C)C[C@@H]1NC(=O)[C@H](Cc2cnc[nH]2)NC(=O)[C@@H]2CCCN2C(=O)[C@H](CC(N)=O)NC(=O)[C@H](C)N(C)C(=O)[C@H](Cc2ccccc2)NC(=O)CSC[C@@H](C(=O)NCC(N)=O)NC(=O)C(CCCNC(=N)N)NC(=O)[C@H](COCc2ccccc2)N(C)C(=O)[C@H](C)N(C)C(=O)[C@H](Cc2c[nH]c3ccccc23)NC(=O)[C@H](CO)NC(=O)[C@H](Cc2c[nH]c3ccccc23)NC(=O)CN(C)C1=O. The number of imidazole rings is 1. The fourth-order valence-corrected chi connectivity index (χ4v) is 16.4. The fraction of sp³-hybridized carbons (Fsp3) is 0.456. The van der Waals surface area contributed by atoms with Gasteiger partial charge in [-0.25, -0.2) is 4.98 Å². The van der Waals surface area contributed by atoms with Crippen LogP contribution in [0.4, 0.5) is 0 Å². The number of thioether (sulfide) groups is 1. The van der Waals surface area contributed by atoms with Crippen molar-refractivity contribution in [2.45, 2.75) is 177 Å². The number of aromatic nitrogens is 4. The van der Waals surface area contributed by atoms with E-state index in [1.54, 1.807) is 135 Å². The first-order valence-electron chi connectivity index (χ1n) is 43.8. The number of nitrogens with two attached hydrogens (primary N) is 3. The van der Waals surface area contributed by atoms with E-state index < -0.39 is 229 Å². The molecule has 9 rings (SSSR count). The number of primary amides is 2. The standard InChI is InChI=1S/C90H120N24O19S/c1-50(2)33-65-86(129)110(5)43-75(118)101-63(35-55-39-97-60-27-17-15-25-58(55)60)80(123)108-69(44-115)82(125)107-67(36-56-40-98-61-28-18-16-26-59(56)61)88(131)112(7)52(4)85(128)113(8)72(46-133-45-54-23-13-10-14-24-54)84(127)103-62(29-19-31-96-90(93)94)79(122)109-70(78(121)99-42-74(92)117)47-134-48-76(119)102-66(34-53-21-11-9-12-22-53)87(130)111(6)51(3)77(120)105-68(38-73(91)116)89(132)114-32-20-30-71(114)83(126)104-64(81(124)106-65)37-57-41-95-49-100-57/h9-18,21-28,39-41,49-52,62-72,97-98,115H,19-20,29-38,42-48H2,1-8H3,(H2,91,116)(H2,92,117)(H,95,100)(H,99,121)(H,101,118)(H,102,119)(H,103,127)(H,104,126)(H,105,120)(H,106,124)(H,107,125)(H,108,123)(H,109,122)(H4,93,94,96)/t51-,52-,62?,63-,64-,65-,66-,67-,68-,69-,70-,71-,72-/m0/s1. The molecule has 44 heteroatoms. The van der Waals surface area contributed by atoms with Crippen molar-refractivity contribution in [1.29, 1.82) is 5.41 Å². The number of carbonyl (C=O) groups is 17. The number of guanidine groups is 1. The molecule has 43 nitrogen and oxygen atoms in total. The van der Waals surface area contributed by atoms with Crippen molar-refractivity contribution < 1.29 is 91.4 Å². The van der Waals surface area contributed by atoms with E-state index in [-0.39, 0.29) is 83.4 Å². The van der Waals surface area contributed by atoms with E-state index in [1.807, 2.05) is 0 Å². The molecule has 2 aliphatic rings. The van der Waals surface area contributed by atoms with Gasteiger partial charge in [-0.15, -0.1) is 11.8 Å². The number of hydrogen-bond acceptors (Lipinski definition) is 22. The molecule has 720 valence electrons. The Morgan fingerprint density at radius 3 is 1.68 bits per heavy atom. The maximum atomic E-state index is 15.5. The number of aliphatic hydroxyl groups excluding tert-OH is 1. The summed E-state index contributed by atoms with van der Waals surface area (Å²) in [5.41, 5.74) is 20.6. The maximum absolute atomic E-state index is 15.5. The van der Waals surface area contributed by atoms with Crippen LogP contribution >= 0.6 is 11.8 Å². The second kappa shape index (κ2) is 49.8. The monoisotopic (exact) mass is 1870 g/mol. The molecule has 0 spiro atoms. The van der Waals surface area contributed by atoms with E-state index in [4.69, 9.17) is 27.3 Å². The van der Waals surface area contributed by atoms with Crippen LogP contribution in [-0.2, 0) is 119 Å². The van der Waals surface area contributed by atoms with E-state index in [0.717, 1.165) is 36.3 Å². The molecule has 22 N–H and O–H groups in total. The first-order valence-corrected chi connectivity index (χ1v) is 45.0. The van der Waals surface area contributed by atoms with Gasteiger partial charge in [0.1, 0.15) is 78.5 Å². The van der Waals surface area contributed by atoms with E-state index >= 15 is 19.2 Å². The Balaban J connectivity index is 1.08. The number of carbonyl (C=O) groups excluding carboxylic acids is 17. The Labute approximate surface area is 777 Å². The van der Waals surface area contributed by atoms with Crippen molar-refractivity contribution in [3.8, 4) is 0 Å². The lowest BCUT2D eigenvalue weighted by Crippen LogP contribution is -2.61. The number of rotatable bonds is 24. The summed E-state index contributed by atoms with van der Waals surface area (Å²) >= 11 is 0.771. The second-order valence-electron chi connectivity index (χ2n) is 33.5.